The van der Waals surface area contributed by atoms with Crippen molar-refractivity contribution in [3.63, 3.8) is 0 Å². The second-order valence-corrected chi connectivity index (χ2v) is 7.13. The zero-order valence-corrected chi connectivity index (χ0v) is 15.4. The van der Waals surface area contributed by atoms with Gasteiger partial charge in [0.1, 0.15) is 5.82 Å². The molecule has 0 amide bonds. The molecular formula is C21H24N4. The Balaban J connectivity index is 1.89. The van der Waals surface area contributed by atoms with Crippen LogP contribution in [0, 0.1) is 13.8 Å². The van der Waals surface area contributed by atoms with E-state index < -0.39 is 0 Å². The van der Waals surface area contributed by atoms with Crippen molar-refractivity contribution in [2.45, 2.75) is 33.7 Å². The molecule has 25 heavy (non-hydrogen) atoms. The van der Waals surface area contributed by atoms with Crippen LogP contribution >= 0.6 is 0 Å². The third-order valence-electron chi connectivity index (χ3n) is 5.09. The SMILES string of the molecule is C/C(=C\n1c2c(c3cc(C)ccc31)CN(C)CC2)c1cnc(C)nc1. The van der Waals surface area contributed by atoms with Gasteiger partial charge in [-0.2, -0.15) is 0 Å². The van der Waals surface area contributed by atoms with Crippen molar-refractivity contribution >= 4 is 22.7 Å². The van der Waals surface area contributed by atoms with E-state index in [2.05, 4.69) is 64.7 Å². The molecule has 0 N–H and O–H groups in total. The van der Waals surface area contributed by atoms with Gasteiger partial charge in [-0.05, 0) is 51.1 Å². The van der Waals surface area contributed by atoms with E-state index in [-0.39, 0.29) is 0 Å². The molecule has 1 aliphatic rings. The van der Waals surface area contributed by atoms with Crippen LogP contribution < -0.4 is 0 Å². The normalized spacial score (nSPS) is 15.6. The van der Waals surface area contributed by atoms with Crippen molar-refractivity contribution in [1.82, 2.24) is 19.4 Å². The highest BCUT2D eigenvalue weighted by molar-refractivity contribution is 5.90. The van der Waals surface area contributed by atoms with Crippen LogP contribution in [0.4, 0.5) is 0 Å². The van der Waals surface area contributed by atoms with Gasteiger partial charge in [0.25, 0.3) is 0 Å². The summed E-state index contributed by atoms with van der Waals surface area (Å²) in [5, 5.41) is 1.38. The number of hydrogen-bond acceptors (Lipinski definition) is 3. The Hall–Kier alpha value is -2.46. The summed E-state index contributed by atoms with van der Waals surface area (Å²) in [6.07, 6.45) is 7.14. The Kier molecular flexibility index (Phi) is 3.92. The quantitative estimate of drug-likeness (QED) is 0.710. The molecule has 1 aromatic carbocycles. The van der Waals surface area contributed by atoms with Gasteiger partial charge in [0, 0.05) is 54.7 Å². The van der Waals surface area contributed by atoms with E-state index in [1.165, 1.54) is 33.3 Å². The molecule has 4 heteroatoms. The second-order valence-electron chi connectivity index (χ2n) is 7.13. The van der Waals surface area contributed by atoms with Crippen molar-refractivity contribution in [2.24, 2.45) is 0 Å². The van der Waals surface area contributed by atoms with E-state index >= 15 is 0 Å². The van der Waals surface area contributed by atoms with Crippen LogP contribution in [-0.2, 0) is 13.0 Å². The van der Waals surface area contributed by atoms with Crippen molar-refractivity contribution in [2.75, 3.05) is 13.6 Å². The molecule has 0 saturated heterocycles. The van der Waals surface area contributed by atoms with Crippen LogP contribution in [0.25, 0.3) is 22.7 Å². The Morgan fingerprint density at radius 2 is 1.92 bits per heavy atom. The van der Waals surface area contributed by atoms with Gasteiger partial charge in [-0.25, -0.2) is 9.97 Å². The van der Waals surface area contributed by atoms with Gasteiger partial charge in [0.05, 0.1) is 5.52 Å². The Morgan fingerprint density at radius 1 is 1.16 bits per heavy atom. The molecule has 4 rings (SSSR count). The molecule has 1 aliphatic heterocycles. The average Bonchev–Trinajstić information content (AvgIpc) is 2.88. The summed E-state index contributed by atoms with van der Waals surface area (Å²) in [7, 11) is 2.20. The predicted octanol–water partition coefficient (Wildman–Crippen LogP) is 4.05. The highest BCUT2D eigenvalue weighted by Crippen LogP contribution is 2.32. The fraction of sp³-hybridized carbons (Fsp3) is 0.333. The van der Waals surface area contributed by atoms with Crippen molar-refractivity contribution in [3.8, 4) is 0 Å². The number of aromatic nitrogens is 3. The Bertz CT molecular complexity index is 964. The lowest BCUT2D eigenvalue weighted by atomic mass is 10.0. The van der Waals surface area contributed by atoms with E-state index in [9.17, 15) is 0 Å². The number of rotatable bonds is 2. The number of allylic oxidation sites excluding steroid dienone is 1. The first kappa shape index (κ1) is 16.0. The van der Waals surface area contributed by atoms with Gasteiger partial charge in [-0.3, -0.25) is 0 Å². The standard InChI is InChI=1S/C21H24N4/c1-14-5-6-20-18(9-14)19-13-24(4)8-7-21(19)25(20)12-15(2)17-10-22-16(3)23-11-17/h5-6,9-12H,7-8,13H2,1-4H3/b15-12+. The molecule has 0 unspecified atom stereocenters. The highest BCUT2D eigenvalue weighted by atomic mass is 15.1. The fourth-order valence-electron chi connectivity index (χ4n) is 3.65. The van der Waals surface area contributed by atoms with Crippen LogP contribution in [0.2, 0.25) is 0 Å². The summed E-state index contributed by atoms with van der Waals surface area (Å²) in [4.78, 5) is 11.1. The molecule has 0 saturated carbocycles. The number of likely N-dealkylation sites (N-methyl/N-ethyl adjacent to an activating group) is 1. The lowest BCUT2D eigenvalue weighted by Crippen LogP contribution is -2.26. The summed E-state index contributed by atoms with van der Waals surface area (Å²) >= 11 is 0. The fourth-order valence-corrected chi connectivity index (χ4v) is 3.65. The smallest absolute Gasteiger partial charge is 0.125 e. The topological polar surface area (TPSA) is 34.0 Å². The molecule has 128 valence electrons. The third kappa shape index (κ3) is 2.87. The minimum atomic E-state index is 0.804. The summed E-state index contributed by atoms with van der Waals surface area (Å²) in [6, 6.07) is 6.77. The predicted molar refractivity (Wildman–Crippen MR) is 103 cm³/mol. The molecular weight excluding hydrogens is 308 g/mol. The molecule has 0 atom stereocenters. The molecule has 0 aliphatic carbocycles. The van der Waals surface area contributed by atoms with Gasteiger partial charge in [0.2, 0.25) is 0 Å². The number of hydrogen-bond donors (Lipinski definition) is 0. The first-order valence-electron chi connectivity index (χ1n) is 8.81. The van der Waals surface area contributed by atoms with Gasteiger partial charge in [-0.15, -0.1) is 0 Å². The molecule has 0 bridgehead atoms. The third-order valence-corrected chi connectivity index (χ3v) is 5.09. The maximum Gasteiger partial charge on any atom is 0.125 e. The van der Waals surface area contributed by atoms with Gasteiger partial charge in [-0.1, -0.05) is 11.6 Å². The van der Waals surface area contributed by atoms with Crippen molar-refractivity contribution < 1.29 is 0 Å². The summed E-state index contributed by atoms with van der Waals surface area (Å²) < 4.78 is 2.38. The largest absolute Gasteiger partial charge is 0.320 e. The minimum absolute atomic E-state index is 0.804. The molecule has 0 spiro atoms. The van der Waals surface area contributed by atoms with Crippen LogP contribution in [0.5, 0.6) is 0 Å². The van der Waals surface area contributed by atoms with Gasteiger partial charge < -0.3 is 9.47 Å². The molecule has 3 aromatic rings. The lowest BCUT2D eigenvalue weighted by molar-refractivity contribution is 0.312. The first-order chi connectivity index (χ1) is 12.0. The van der Waals surface area contributed by atoms with Crippen LogP contribution in [0.15, 0.2) is 30.6 Å². The van der Waals surface area contributed by atoms with Crippen molar-refractivity contribution in [3.05, 3.63) is 58.8 Å². The molecule has 0 radical (unpaired) electrons. The lowest BCUT2D eigenvalue weighted by Gasteiger charge is -2.23. The van der Waals surface area contributed by atoms with E-state index in [1.54, 1.807) is 0 Å². The van der Waals surface area contributed by atoms with Gasteiger partial charge in [0.15, 0.2) is 0 Å². The van der Waals surface area contributed by atoms with E-state index in [0.717, 1.165) is 30.9 Å². The molecule has 3 heterocycles. The first-order valence-corrected chi connectivity index (χ1v) is 8.81. The zero-order valence-electron chi connectivity index (χ0n) is 15.4. The summed E-state index contributed by atoms with van der Waals surface area (Å²) in [5.41, 5.74) is 7.76. The zero-order chi connectivity index (χ0) is 17.6. The molecule has 2 aromatic heterocycles. The van der Waals surface area contributed by atoms with E-state index in [0.29, 0.717) is 0 Å². The van der Waals surface area contributed by atoms with E-state index in [1.807, 2.05) is 19.3 Å². The number of nitrogens with zero attached hydrogens (tertiary/aromatic N) is 4. The maximum atomic E-state index is 4.33. The Labute approximate surface area is 148 Å². The number of fused-ring (bicyclic) bond motifs is 3. The highest BCUT2D eigenvalue weighted by Gasteiger charge is 2.21. The summed E-state index contributed by atoms with van der Waals surface area (Å²) in [6.45, 7) is 8.33. The number of benzene rings is 1. The monoisotopic (exact) mass is 332 g/mol. The van der Waals surface area contributed by atoms with Crippen LogP contribution in [-0.4, -0.2) is 33.0 Å². The van der Waals surface area contributed by atoms with Crippen LogP contribution in [0.1, 0.15) is 35.1 Å². The van der Waals surface area contributed by atoms with Crippen LogP contribution in [0.3, 0.4) is 0 Å². The maximum absolute atomic E-state index is 4.33. The Morgan fingerprint density at radius 3 is 2.68 bits per heavy atom. The van der Waals surface area contributed by atoms with E-state index in [4.69, 9.17) is 0 Å². The molecule has 4 nitrogen and oxygen atoms in total. The average molecular weight is 332 g/mol. The van der Waals surface area contributed by atoms with Gasteiger partial charge >= 0.3 is 0 Å². The molecule has 0 fully saturated rings. The summed E-state index contributed by atoms with van der Waals surface area (Å²) in [5.74, 6) is 0.804. The number of aryl methyl sites for hydroxylation is 2. The second kappa shape index (κ2) is 6.12. The minimum Gasteiger partial charge on any atom is -0.320 e. The van der Waals surface area contributed by atoms with Crippen molar-refractivity contribution in [1.29, 1.82) is 0 Å².